The van der Waals surface area contributed by atoms with Crippen molar-refractivity contribution in [2.45, 2.75) is 129 Å². The summed E-state index contributed by atoms with van der Waals surface area (Å²) in [5.41, 5.74) is 2.61. The van der Waals surface area contributed by atoms with Crippen molar-refractivity contribution in [3.8, 4) is 0 Å². The largest absolute Gasteiger partial charge is 2.00 e. The number of aliphatic hydroxyl groups excluding tert-OH is 1. The molecule has 0 aliphatic rings. The van der Waals surface area contributed by atoms with Gasteiger partial charge >= 0.3 is 35.0 Å². The predicted molar refractivity (Wildman–Crippen MR) is 217 cm³/mol. The van der Waals surface area contributed by atoms with Gasteiger partial charge in [-0.25, -0.2) is 9.59 Å². The zero-order chi connectivity index (χ0) is 39.3. The number of carbonyl (C=O) groups is 4. The fourth-order valence-corrected chi connectivity index (χ4v) is 3.13. The zero-order valence-electron chi connectivity index (χ0n) is 35.6. The molecule has 6 atom stereocenters. The molecular formula is C42H77ClMgO7. The fraction of sp³-hybridized carbons (Fsp3) is 0.643. The minimum atomic E-state index is -0.891. The molecule has 0 aliphatic heterocycles. The fourth-order valence-electron chi connectivity index (χ4n) is 3.13. The first kappa shape index (κ1) is 67.2. The maximum absolute atomic E-state index is 11.2. The van der Waals surface area contributed by atoms with Crippen LogP contribution in [0.3, 0.4) is 0 Å². The van der Waals surface area contributed by atoms with Crippen LogP contribution in [0.5, 0.6) is 0 Å². The Kier molecular flexibility index (Phi) is 53.7. The quantitative estimate of drug-likeness (QED) is 0.0455. The molecule has 7 nitrogen and oxygen atoms in total. The smallest absolute Gasteiger partial charge is 1.00 e. The first-order chi connectivity index (χ1) is 21.9. The van der Waals surface area contributed by atoms with Gasteiger partial charge in [-0.1, -0.05) is 115 Å². The second kappa shape index (κ2) is 40.8. The van der Waals surface area contributed by atoms with Crippen LogP contribution < -0.4 is 12.4 Å². The Morgan fingerprint density at radius 2 is 1.04 bits per heavy atom. The van der Waals surface area contributed by atoms with Crippen molar-refractivity contribution < 1.29 is 46.5 Å². The van der Waals surface area contributed by atoms with Gasteiger partial charge in [0.25, 0.3) is 0 Å². The Bertz CT molecular complexity index is 982. The van der Waals surface area contributed by atoms with Crippen LogP contribution >= 0.6 is 0 Å². The van der Waals surface area contributed by atoms with Gasteiger partial charge in [-0.2, -0.15) is 0 Å². The topological polar surface area (TPSA) is 118 Å². The van der Waals surface area contributed by atoms with Gasteiger partial charge in [0, 0.05) is 18.6 Å². The van der Waals surface area contributed by atoms with Gasteiger partial charge in [-0.15, -0.1) is 0 Å². The van der Waals surface area contributed by atoms with Crippen molar-refractivity contribution in [2.75, 3.05) is 0 Å². The monoisotopic (exact) mass is 753 g/mol. The van der Waals surface area contributed by atoms with E-state index in [9.17, 15) is 19.2 Å². The van der Waals surface area contributed by atoms with Crippen molar-refractivity contribution in [2.24, 2.45) is 47.3 Å². The number of esters is 1. The number of ether oxygens (including phenoxy) is 1. The number of allylic oxidation sites excluding steroid dienone is 3. The van der Waals surface area contributed by atoms with Crippen LogP contribution in [0.25, 0.3) is 0 Å². The first-order valence-electron chi connectivity index (χ1n) is 17.2. The minimum Gasteiger partial charge on any atom is -1.00 e. The van der Waals surface area contributed by atoms with E-state index in [0.717, 1.165) is 29.8 Å². The Labute approximate surface area is 337 Å². The molecule has 6 unspecified atom stereocenters. The Morgan fingerprint density at radius 3 is 1.22 bits per heavy atom. The van der Waals surface area contributed by atoms with Crippen LogP contribution in [0.2, 0.25) is 0 Å². The average molecular weight is 754 g/mol. The normalized spacial score (nSPS) is 13.5. The summed E-state index contributed by atoms with van der Waals surface area (Å²) in [6.07, 6.45) is 7.60. The number of hydrogen-bond acceptors (Lipinski definition) is 6. The third-order valence-corrected chi connectivity index (χ3v) is 8.48. The molecule has 0 amide bonds. The first-order valence-corrected chi connectivity index (χ1v) is 17.2. The summed E-state index contributed by atoms with van der Waals surface area (Å²) in [5, 5.41) is 17.0. The van der Waals surface area contributed by atoms with Crippen LogP contribution in [0, 0.1) is 54.8 Å². The minimum absolute atomic E-state index is 0. The van der Waals surface area contributed by atoms with E-state index >= 15 is 0 Å². The van der Waals surface area contributed by atoms with Crippen LogP contribution in [-0.4, -0.2) is 70.0 Å². The molecule has 0 bridgehead atoms. The van der Waals surface area contributed by atoms with E-state index in [2.05, 4.69) is 95.9 Å². The summed E-state index contributed by atoms with van der Waals surface area (Å²) < 4.78 is 5.20. The van der Waals surface area contributed by atoms with Crippen molar-refractivity contribution in [1.29, 1.82) is 0 Å². The van der Waals surface area contributed by atoms with Gasteiger partial charge in [0.15, 0.2) is 0 Å². The number of carboxylic acids is 1. The number of halogens is 1. The molecule has 51 heavy (non-hydrogen) atoms. The number of aliphatic carboxylic acids is 1. The predicted octanol–water partition coefficient (Wildman–Crippen LogP) is 7.18. The number of rotatable bonds is 15. The van der Waals surface area contributed by atoms with Gasteiger partial charge in [0.2, 0.25) is 0 Å². The van der Waals surface area contributed by atoms with Gasteiger partial charge in [-0.3, -0.25) is 4.79 Å². The molecule has 9 heteroatoms. The van der Waals surface area contributed by atoms with Crippen molar-refractivity contribution in [1.82, 2.24) is 0 Å². The molecule has 0 fully saturated rings. The summed E-state index contributed by atoms with van der Waals surface area (Å²) in [6.45, 7) is 43.8. The molecule has 0 heterocycles. The molecule has 0 spiro atoms. The standard InChI is InChI=1S/C13H22O2.C9H18O.C8H14O.C7H14O.C4H6O2.CH3.ClH.Mg/c1-7-8-13(14)15-12(6)11(5)10(4)9(2)3;1-6(2)7(3)8(4)9(5)10;1-6(2)8(4)7(3)5-9;1-6(2)7(3)4-5-8;1-2-3-4(5)6;;;/h7-10,12H,5H2,1-4,6H3;6-7,9-10H,4H2,1-3,5H3;5-6,8H,3H2,1-2,4H3;5-7H,4H2,1-3H3;2-3H,1H3,(H,5,6);1H3;1H;/q;;;;;-1;;+2/p-1/b8-7+;;;;3-2+;;;. The molecule has 0 aromatic heterocycles. The molecule has 296 valence electrons. The average Bonchev–Trinajstić information content (AvgIpc) is 2.99. The number of carbonyl (C=O) groups excluding carboxylic acids is 3. The maximum Gasteiger partial charge on any atom is 2.00 e. The van der Waals surface area contributed by atoms with Crippen molar-refractivity contribution >= 4 is 47.6 Å². The van der Waals surface area contributed by atoms with Crippen LogP contribution in [-0.2, 0) is 23.9 Å². The second-order valence-electron chi connectivity index (χ2n) is 13.7. The molecule has 0 radical (unpaired) electrons. The molecule has 0 aliphatic carbocycles. The summed E-state index contributed by atoms with van der Waals surface area (Å²) >= 11 is 0. The van der Waals surface area contributed by atoms with E-state index in [1.807, 2.05) is 13.8 Å². The summed E-state index contributed by atoms with van der Waals surface area (Å²) in [4.78, 5) is 40.8. The second-order valence-corrected chi connectivity index (χ2v) is 13.7. The number of hydrogen-bond donors (Lipinski definition) is 2. The van der Waals surface area contributed by atoms with E-state index in [1.165, 1.54) is 12.2 Å². The molecule has 2 N–H and O–H groups in total. The van der Waals surface area contributed by atoms with Crippen LogP contribution in [0.1, 0.15) is 117 Å². The van der Waals surface area contributed by atoms with Gasteiger partial charge < -0.3 is 39.6 Å². The molecule has 0 saturated heterocycles. The third kappa shape index (κ3) is 42.3. The van der Waals surface area contributed by atoms with E-state index in [0.29, 0.717) is 59.3 Å². The Morgan fingerprint density at radius 1 is 0.667 bits per heavy atom. The zero-order valence-corrected chi connectivity index (χ0v) is 37.8. The molecule has 0 saturated carbocycles. The van der Waals surface area contributed by atoms with Gasteiger partial charge in [-0.05, 0) is 91.8 Å². The van der Waals surface area contributed by atoms with Gasteiger partial charge in [0.1, 0.15) is 18.7 Å². The Hall–Kier alpha value is -2.00. The number of carboxylic acid groups (broad SMARTS) is 1. The van der Waals surface area contributed by atoms with Crippen LogP contribution in [0.4, 0.5) is 0 Å². The third-order valence-electron chi connectivity index (χ3n) is 8.48. The van der Waals surface area contributed by atoms with Gasteiger partial charge in [0.05, 0.1) is 6.10 Å². The van der Waals surface area contributed by atoms with Crippen molar-refractivity contribution in [3.05, 3.63) is 68.2 Å². The Balaban J connectivity index is -0.0000000769. The van der Waals surface area contributed by atoms with E-state index < -0.39 is 5.97 Å². The van der Waals surface area contributed by atoms with E-state index in [4.69, 9.17) is 14.9 Å². The molecule has 0 rings (SSSR count). The summed E-state index contributed by atoms with van der Waals surface area (Å²) in [5.74, 6) is 2.69. The van der Waals surface area contributed by atoms with E-state index in [1.54, 1.807) is 26.8 Å². The van der Waals surface area contributed by atoms with E-state index in [-0.39, 0.29) is 61.1 Å². The number of aliphatic hydroxyl groups is 1. The SMILES string of the molecule is C/C=C/C(=O)O.C=C(C(C)O)C(C)C(C)C.C=C(C(C)OC(=O)/C=C/C)C(C)C(C)C.C=C(C=O)C(C)C(C)C.CC(C)C(C)CC=O.[CH3-].[Cl-].[Mg+2]. The number of aldehydes is 2. The maximum atomic E-state index is 11.2. The molecule has 0 aromatic carbocycles. The molecular weight excluding hydrogens is 676 g/mol. The summed E-state index contributed by atoms with van der Waals surface area (Å²) in [7, 11) is 0. The molecule has 0 aromatic rings. The van der Waals surface area contributed by atoms with Crippen LogP contribution in [0.15, 0.2) is 60.8 Å². The van der Waals surface area contributed by atoms with Crippen molar-refractivity contribution in [3.63, 3.8) is 0 Å². The summed E-state index contributed by atoms with van der Waals surface area (Å²) in [6, 6.07) is 0.